The zero-order chi connectivity index (χ0) is 19.8. The minimum Gasteiger partial charge on any atom is -0.462 e. The molecule has 0 bridgehead atoms. The van der Waals surface area contributed by atoms with Gasteiger partial charge < -0.3 is 10.1 Å². The van der Waals surface area contributed by atoms with Crippen LogP contribution in [0.4, 0.5) is 11.4 Å². The van der Waals surface area contributed by atoms with Crippen molar-refractivity contribution >= 4 is 28.9 Å². The van der Waals surface area contributed by atoms with E-state index in [1.165, 1.54) is 0 Å². The van der Waals surface area contributed by atoms with E-state index in [4.69, 9.17) is 16.3 Å². The van der Waals surface area contributed by atoms with E-state index in [1.807, 2.05) is 18.2 Å². The molecule has 4 rings (SSSR count). The van der Waals surface area contributed by atoms with Crippen LogP contribution in [-0.4, -0.2) is 17.5 Å². The first-order chi connectivity index (χ1) is 13.5. The van der Waals surface area contributed by atoms with Gasteiger partial charge in [-0.3, -0.25) is 10.1 Å². The van der Waals surface area contributed by atoms with Crippen molar-refractivity contribution in [2.24, 2.45) is 5.92 Å². The molecule has 6 nitrogen and oxygen atoms in total. The number of anilines is 1. The molecule has 2 aliphatic rings. The van der Waals surface area contributed by atoms with Crippen LogP contribution >= 0.6 is 11.6 Å². The van der Waals surface area contributed by atoms with Gasteiger partial charge in [-0.05, 0) is 54.7 Å². The number of hydrogen-bond donors (Lipinski definition) is 1. The van der Waals surface area contributed by atoms with Crippen LogP contribution in [0, 0.1) is 16.0 Å². The molecule has 1 N–H and O–H groups in total. The van der Waals surface area contributed by atoms with Crippen molar-refractivity contribution in [2.45, 2.75) is 25.3 Å². The molecule has 7 heteroatoms. The number of benzene rings is 2. The number of rotatable bonds is 4. The molecule has 0 spiro atoms. The summed E-state index contributed by atoms with van der Waals surface area (Å²) in [6.07, 6.45) is 5.12. The Morgan fingerprint density at radius 2 is 2.14 bits per heavy atom. The van der Waals surface area contributed by atoms with Crippen LogP contribution in [0.2, 0.25) is 5.02 Å². The highest BCUT2D eigenvalue weighted by Gasteiger charge is 2.38. The van der Waals surface area contributed by atoms with Gasteiger partial charge in [0.1, 0.15) is 5.02 Å². The Balaban J connectivity index is 1.73. The maximum absolute atomic E-state index is 12.1. The summed E-state index contributed by atoms with van der Waals surface area (Å²) < 4.78 is 5.11. The van der Waals surface area contributed by atoms with Crippen LogP contribution in [0.1, 0.15) is 46.8 Å². The molecular formula is C21H19ClN2O4. The van der Waals surface area contributed by atoms with E-state index in [1.54, 1.807) is 25.1 Å². The maximum Gasteiger partial charge on any atom is 0.338 e. The van der Waals surface area contributed by atoms with Crippen LogP contribution in [0.5, 0.6) is 0 Å². The monoisotopic (exact) mass is 398 g/mol. The van der Waals surface area contributed by atoms with Gasteiger partial charge in [0.25, 0.3) is 5.69 Å². The van der Waals surface area contributed by atoms with Crippen molar-refractivity contribution in [1.29, 1.82) is 0 Å². The fraction of sp³-hybridized carbons (Fsp3) is 0.286. The zero-order valence-corrected chi connectivity index (χ0v) is 16.0. The molecule has 0 saturated carbocycles. The highest BCUT2D eigenvalue weighted by Crippen LogP contribution is 2.50. The quantitative estimate of drug-likeness (QED) is 0.329. The Hall–Kier alpha value is -2.86. The fourth-order valence-electron chi connectivity index (χ4n) is 4.13. The number of esters is 1. The molecule has 0 aromatic heterocycles. The van der Waals surface area contributed by atoms with Gasteiger partial charge in [-0.1, -0.05) is 29.8 Å². The molecule has 0 amide bonds. The van der Waals surface area contributed by atoms with Crippen molar-refractivity contribution in [3.63, 3.8) is 0 Å². The van der Waals surface area contributed by atoms with E-state index in [0.717, 1.165) is 23.2 Å². The Bertz CT molecular complexity index is 988. The minimum absolute atomic E-state index is 0.0862. The fourth-order valence-corrected chi connectivity index (χ4v) is 4.32. The second kappa shape index (κ2) is 7.28. The lowest BCUT2D eigenvalue weighted by molar-refractivity contribution is -0.384. The predicted octanol–water partition coefficient (Wildman–Crippen LogP) is 5.25. The lowest BCUT2D eigenvalue weighted by atomic mass is 9.76. The molecule has 1 aliphatic carbocycles. The normalized spacial score (nSPS) is 22.1. The summed E-state index contributed by atoms with van der Waals surface area (Å²) >= 11 is 5.98. The first kappa shape index (κ1) is 18.5. The summed E-state index contributed by atoms with van der Waals surface area (Å²) in [6, 6.07) is 10.4. The van der Waals surface area contributed by atoms with Crippen molar-refractivity contribution in [1.82, 2.24) is 0 Å². The van der Waals surface area contributed by atoms with E-state index in [2.05, 4.69) is 17.5 Å². The topological polar surface area (TPSA) is 81.5 Å². The highest BCUT2D eigenvalue weighted by molar-refractivity contribution is 6.32. The van der Waals surface area contributed by atoms with Crippen molar-refractivity contribution < 1.29 is 14.5 Å². The van der Waals surface area contributed by atoms with Crippen LogP contribution in [0.3, 0.4) is 0 Å². The molecule has 1 heterocycles. The molecule has 3 atom stereocenters. The van der Waals surface area contributed by atoms with Gasteiger partial charge in [0.15, 0.2) is 0 Å². The standard InChI is InChI=1S/C21H19ClN2O4/c1-2-28-21(25)13-7-9-18-16(10-13)14-4-3-5-15(14)20(23-18)12-6-8-17(22)19(11-12)24(26)27/h3-4,6-11,14-15,20,23H,2,5H2,1H3/t14-,15+,20-/m1/s1. The number of nitro benzene ring substituents is 1. The molecule has 0 saturated heterocycles. The average molecular weight is 399 g/mol. The van der Waals surface area contributed by atoms with Gasteiger partial charge in [0.2, 0.25) is 0 Å². The summed E-state index contributed by atoms with van der Waals surface area (Å²) in [6.45, 7) is 2.11. The number of nitro groups is 1. The van der Waals surface area contributed by atoms with Crippen molar-refractivity contribution in [3.05, 3.63) is 80.4 Å². The van der Waals surface area contributed by atoms with Gasteiger partial charge in [-0.15, -0.1) is 0 Å². The van der Waals surface area contributed by atoms with E-state index in [-0.39, 0.29) is 34.6 Å². The minimum atomic E-state index is -0.460. The molecule has 2 aromatic carbocycles. The second-order valence-electron chi connectivity index (χ2n) is 6.97. The summed E-state index contributed by atoms with van der Waals surface area (Å²) in [5.74, 6) is -0.00429. The summed E-state index contributed by atoms with van der Waals surface area (Å²) in [7, 11) is 0. The van der Waals surface area contributed by atoms with Crippen molar-refractivity contribution in [3.8, 4) is 0 Å². The number of fused-ring (bicyclic) bond motifs is 3. The zero-order valence-electron chi connectivity index (χ0n) is 15.2. The van der Waals surface area contributed by atoms with Crippen LogP contribution in [0.15, 0.2) is 48.6 Å². The maximum atomic E-state index is 12.1. The number of carbonyl (C=O) groups is 1. The third-order valence-electron chi connectivity index (χ3n) is 5.40. The predicted molar refractivity (Wildman–Crippen MR) is 107 cm³/mol. The lowest BCUT2D eigenvalue weighted by Gasteiger charge is -2.37. The lowest BCUT2D eigenvalue weighted by Crippen LogP contribution is -2.29. The van der Waals surface area contributed by atoms with Crippen molar-refractivity contribution in [2.75, 3.05) is 11.9 Å². The molecule has 2 aromatic rings. The van der Waals surface area contributed by atoms with Gasteiger partial charge in [0, 0.05) is 17.7 Å². The number of allylic oxidation sites excluding steroid dienone is 2. The molecule has 28 heavy (non-hydrogen) atoms. The Labute approximate surface area is 167 Å². The Kier molecular flexibility index (Phi) is 4.81. The van der Waals surface area contributed by atoms with Gasteiger partial charge in [-0.2, -0.15) is 0 Å². The number of nitrogens with zero attached hydrogens (tertiary/aromatic N) is 1. The Morgan fingerprint density at radius 3 is 2.89 bits per heavy atom. The molecule has 0 fully saturated rings. The molecule has 0 unspecified atom stereocenters. The molecule has 144 valence electrons. The largest absolute Gasteiger partial charge is 0.462 e. The summed E-state index contributed by atoms with van der Waals surface area (Å²) in [5, 5.41) is 14.9. The smallest absolute Gasteiger partial charge is 0.338 e. The van der Waals surface area contributed by atoms with E-state index < -0.39 is 4.92 Å². The number of carbonyl (C=O) groups excluding carboxylic acids is 1. The number of ether oxygens (including phenoxy) is 1. The number of halogens is 1. The molecular weight excluding hydrogens is 380 g/mol. The SMILES string of the molecule is CCOC(=O)c1ccc2c(c1)[C@@H]1C=CC[C@@H]1[C@@H](c1ccc(Cl)c([N+](=O)[O-])c1)N2. The van der Waals surface area contributed by atoms with E-state index >= 15 is 0 Å². The third-order valence-corrected chi connectivity index (χ3v) is 5.72. The van der Waals surface area contributed by atoms with Gasteiger partial charge in [-0.25, -0.2) is 4.79 Å². The molecule has 0 radical (unpaired) electrons. The number of hydrogen-bond acceptors (Lipinski definition) is 5. The Morgan fingerprint density at radius 1 is 1.32 bits per heavy atom. The average Bonchev–Trinajstić information content (AvgIpc) is 3.17. The highest BCUT2D eigenvalue weighted by atomic mass is 35.5. The second-order valence-corrected chi connectivity index (χ2v) is 7.37. The van der Waals surface area contributed by atoms with Crippen LogP contribution in [-0.2, 0) is 4.74 Å². The number of nitrogens with one attached hydrogen (secondary N) is 1. The van der Waals surface area contributed by atoms with E-state index in [0.29, 0.717) is 12.2 Å². The summed E-state index contributed by atoms with van der Waals surface area (Å²) in [5.41, 5.74) is 3.23. The van der Waals surface area contributed by atoms with Gasteiger partial charge in [0.05, 0.1) is 23.1 Å². The third kappa shape index (κ3) is 3.14. The first-order valence-electron chi connectivity index (χ1n) is 9.17. The summed E-state index contributed by atoms with van der Waals surface area (Å²) in [4.78, 5) is 22.9. The van der Waals surface area contributed by atoms with Crippen LogP contribution in [0.25, 0.3) is 0 Å². The van der Waals surface area contributed by atoms with Gasteiger partial charge >= 0.3 is 5.97 Å². The van der Waals surface area contributed by atoms with Crippen LogP contribution < -0.4 is 5.32 Å². The molecule has 1 aliphatic heterocycles. The first-order valence-corrected chi connectivity index (χ1v) is 9.55. The van der Waals surface area contributed by atoms with E-state index in [9.17, 15) is 14.9 Å².